The molecule has 1 aromatic rings. The molecule has 1 saturated carbocycles. The first-order valence-corrected chi connectivity index (χ1v) is 9.44. The van der Waals surface area contributed by atoms with E-state index in [4.69, 9.17) is 4.74 Å². The van der Waals surface area contributed by atoms with Gasteiger partial charge in [0, 0.05) is 37.4 Å². The van der Waals surface area contributed by atoms with Crippen molar-refractivity contribution in [3.63, 3.8) is 0 Å². The molecule has 1 unspecified atom stereocenters. The second-order valence-electron chi connectivity index (χ2n) is 7.89. The van der Waals surface area contributed by atoms with E-state index in [0.717, 1.165) is 24.9 Å². The van der Waals surface area contributed by atoms with Crippen LogP contribution in [0.15, 0.2) is 30.3 Å². The largest absolute Gasteiger partial charge is 0.381 e. The normalized spacial score (nSPS) is 26.3. The van der Waals surface area contributed by atoms with Gasteiger partial charge in [-0.15, -0.1) is 0 Å². The Hall–Kier alpha value is -1.95. The zero-order chi connectivity index (χ0) is 18.2. The van der Waals surface area contributed by atoms with Gasteiger partial charge in [-0.25, -0.2) is 4.39 Å². The molecule has 1 N–H and O–H groups in total. The maximum atomic E-state index is 14.7. The lowest BCUT2D eigenvalue weighted by molar-refractivity contribution is -0.149. The molecule has 1 aliphatic carbocycles. The Labute approximate surface area is 152 Å². The highest BCUT2D eigenvalue weighted by atomic mass is 19.1. The van der Waals surface area contributed by atoms with Crippen molar-refractivity contribution in [1.82, 2.24) is 4.90 Å². The Morgan fingerprint density at radius 3 is 2.42 bits per heavy atom. The van der Waals surface area contributed by atoms with Gasteiger partial charge in [-0.1, -0.05) is 18.2 Å². The molecule has 1 aromatic carbocycles. The van der Waals surface area contributed by atoms with Gasteiger partial charge in [0.2, 0.25) is 5.91 Å². The molecule has 1 spiro atoms. The van der Waals surface area contributed by atoms with E-state index >= 15 is 0 Å². The number of likely N-dealkylation sites (tertiary alicyclic amines) is 1. The third-order valence-corrected chi connectivity index (χ3v) is 6.31. The van der Waals surface area contributed by atoms with Crippen LogP contribution >= 0.6 is 0 Å². The molecule has 140 valence electrons. The molecule has 2 heterocycles. The summed E-state index contributed by atoms with van der Waals surface area (Å²) in [6, 6.07) is 9.32. The molecule has 6 heteroatoms. The molecule has 2 saturated heterocycles. The zero-order valence-corrected chi connectivity index (χ0v) is 14.9. The summed E-state index contributed by atoms with van der Waals surface area (Å²) in [5.74, 6) is -0.848. The number of carbonyl (C=O) groups is 2. The van der Waals surface area contributed by atoms with Crippen LogP contribution in [-0.2, 0) is 14.3 Å². The van der Waals surface area contributed by atoms with Crippen LogP contribution in [0.3, 0.4) is 0 Å². The van der Waals surface area contributed by atoms with Gasteiger partial charge < -0.3 is 15.0 Å². The van der Waals surface area contributed by atoms with Crippen LogP contribution in [-0.4, -0.2) is 48.7 Å². The summed E-state index contributed by atoms with van der Waals surface area (Å²) in [5.41, 5.74) is -1.28. The Morgan fingerprint density at radius 2 is 1.81 bits per heavy atom. The van der Waals surface area contributed by atoms with Gasteiger partial charge in [0.1, 0.15) is 0 Å². The predicted molar refractivity (Wildman–Crippen MR) is 95.3 cm³/mol. The van der Waals surface area contributed by atoms with Crippen molar-refractivity contribution in [2.45, 2.75) is 37.8 Å². The number of halogens is 1. The lowest BCUT2D eigenvalue weighted by atomic mass is 9.71. The van der Waals surface area contributed by atoms with Crippen LogP contribution in [0.25, 0.3) is 0 Å². The number of para-hydroxylation sites is 1. The minimum absolute atomic E-state index is 0.0880. The number of carbonyl (C=O) groups excluding carboxylic acids is 2. The fourth-order valence-electron chi connectivity index (χ4n) is 4.50. The molecule has 4 rings (SSSR count). The average molecular weight is 360 g/mol. The number of ether oxygens (including phenoxy) is 1. The van der Waals surface area contributed by atoms with Gasteiger partial charge >= 0.3 is 0 Å². The quantitative estimate of drug-likeness (QED) is 0.902. The van der Waals surface area contributed by atoms with Crippen LogP contribution in [0.1, 0.15) is 32.1 Å². The van der Waals surface area contributed by atoms with Gasteiger partial charge in [0.15, 0.2) is 5.67 Å². The highest BCUT2D eigenvalue weighted by Gasteiger charge is 2.56. The Kier molecular flexibility index (Phi) is 4.47. The average Bonchev–Trinajstić information content (AvgIpc) is 2.99. The smallest absolute Gasteiger partial charge is 0.260 e. The van der Waals surface area contributed by atoms with Gasteiger partial charge in [-0.05, 0) is 44.2 Å². The molecule has 2 amide bonds. The van der Waals surface area contributed by atoms with E-state index in [0.29, 0.717) is 39.1 Å². The highest BCUT2D eigenvalue weighted by Crippen LogP contribution is 2.47. The molecule has 3 aliphatic rings. The number of benzene rings is 1. The van der Waals surface area contributed by atoms with Crippen molar-refractivity contribution in [1.29, 1.82) is 0 Å². The Bertz CT molecular complexity index is 684. The topological polar surface area (TPSA) is 58.6 Å². The molecule has 1 atom stereocenters. The fraction of sp³-hybridized carbons (Fsp3) is 0.600. The highest BCUT2D eigenvalue weighted by molar-refractivity contribution is 5.95. The van der Waals surface area contributed by atoms with E-state index < -0.39 is 11.6 Å². The van der Waals surface area contributed by atoms with Gasteiger partial charge in [-0.2, -0.15) is 0 Å². The molecule has 3 fully saturated rings. The number of nitrogens with one attached hydrogen (secondary N) is 1. The van der Waals surface area contributed by atoms with Gasteiger partial charge in [0.25, 0.3) is 5.91 Å². The first-order chi connectivity index (χ1) is 12.5. The number of hydrogen-bond donors (Lipinski definition) is 1. The van der Waals surface area contributed by atoms with E-state index in [1.165, 1.54) is 0 Å². The van der Waals surface area contributed by atoms with Crippen LogP contribution < -0.4 is 5.32 Å². The summed E-state index contributed by atoms with van der Waals surface area (Å²) in [4.78, 5) is 27.3. The third kappa shape index (κ3) is 3.00. The lowest BCUT2D eigenvalue weighted by Crippen LogP contribution is -2.50. The second-order valence-corrected chi connectivity index (χ2v) is 7.89. The van der Waals surface area contributed by atoms with Crippen molar-refractivity contribution in [2.75, 3.05) is 31.6 Å². The molecule has 26 heavy (non-hydrogen) atoms. The van der Waals surface area contributed by atoms with E-state index in [1.54, 1.807) is 4.90 Å². The maximum Gasteiger partial charge on any atom is 0.260 e. The number of rotatable bonds is 3. The number of nitrogens with zero attached hydrogens (tertiary/aromatic N) is 1. The van der Waals surface area contributed by atoms with Gasteiger partial charge in [0.05, 0.1) is 5.92 Å². The van der Waals surface area contributed by atoms with Crippen LogP contribution in [0.4, 0.5) is 10.1 Å². The second kappa shape index (κ2) is 6.65. The van der Waals surface area contributed by atoms with Crippen molar-refractivity contribution in [3.05, 3.63) is 30.3 Å². The minimum atomic E-state index is -1.71. The standard InChI is InChI=1S/C20H25FN2O3/c21-20(7-4-8-20)18(25)23-13-16(19(14-23)9-11-26-12-10-19)17(24)22-15-5-2-1-3-6-15/h1-3,5-6,16H,4,7-14H2,(H,22,24). The summed E-state index contributed by atoms with van der Waals surface area (Å²) < 4.78 is 20.2. The monoisotopic (exact) mass is 360 g/mol. The van der Waals surface area contributed by atoms with Crippen LogP contribution in [0.2, 0.25) is 0 Å². The van der Waals surface area contributed by atoms with E-state index in [2.05, 4.69) is 5.32 Å². The van der Waals surface area contributed by atoms with Crippen molar-refractivity contribution >= 4 is 17.5 Å². The fourth-order valence-corrected chi connectivity index (χ4v) is 4.50. The molecular formula is C20H25FN2O3. The summed E-state index contributed by atoms with van der Waals surface area (Å²) in [6.45, 7) is 1.91. The van der Waals surface area contributed by atoms with Crippen molar-refractivity contribution in [3.8, 4) is 0 Å². The third-order valence-electron chi connectivity index (χ3n) is 6.31. The number of anilines is 1. The number of alkyl halides is 1. The summed E-state index contributed by atoms with van der Waals surface area (Å²) in [5, 5.41) is 2.97. The predicted octanol–water partition coefficient (Wildman–Crippen LogP) is 2.77. The van der Waals surface area contributed by atoms with Gasteiger partial charge in [-0.3, -0.25) is 9.59 Å². The summed E-state index contributed by atoms with van der Waals surface area (Å²) in [7, 11) is 0. The SMILES string of the molecule is O=C(Nc1ccccc1)C1CN(C(=O)C2(F)CCC2)CC12CCOCC2. The Balaban J connectivity index is 1.54. The molecular weight excluding hydrogens is 335 g/mol. The maximum absolute atomic E-state index is 14.7. The van der Waals surface area contributed by atoms with Crippen LogP contribution in [0.5, 0.6) is 0 Å². The first kappa shape index (κ1) is 17.5. The number of hydrogen-bond acceptors (Lipinski definition) is 3. The molecule has 0 radical (unpaired) electrons. The minimum Gasteiger partial charge on any atom is -0.381 e. The summed E-state index contributed by atoms with van der Waals surface area (Å²) in [6.07, 6.45) is 2.82. The Morgan fingerprint density at radius 1 is 1.12 bits per heavy atom. The number of amides is 2. The zero-order valence-electron chi connectivity index (χ0n) is 14.9. The van der Waals surface area contributed by atoms with E-state index in [-0.39, 0.29) is 17.2 Å². The molecule has 2 aliphatic heterocycles. The first-order valence-electron chi connectivity index (χ1n) is 9.44. The summed E-state index contributed by atoms with van der Waals surface area (Å²) >= 11 is 0. The van der Waals surface area contributed by atoms with E-state index in [9.17, 15) is 14.0 Å². The molecule has 0 aromatic heterocycles. The van der Waals surface area contributed by atoms with Crippen molar-refractivity contribution < 1.29 is 18.7 Å². The molecule has 5 nitrogen and oxygen atoms in total. The van der Waals surface area contributed by atoms with Crippen molar-refractivity contribution in [2.24, 2.45) is 11.3 Å². The lowest BCUT2D eigenvalue weighted by Gasteiger charge is -2.38. The van der Waals surface area contributed by atoms with E-state index in [1.807, 2.05) is 30.3 Å². The van der Waals surface area contributed by atoms with Crippen LogP contribution in [0, 0.1) is 11.3 Å². The molecule has 0 bridgehead atoms.